The molecular formula is C5H7IO2. The molecule has 0 amide bonds. The van der Waals surface area contributed by atoms with Crippen LogP contribution in [0.3, 0.4) is 0 Å². The van der Waals surface area contributed by atoms with E-state index in [4.69, 9.17) is 5.11 Å². The number of allylic oxidation sites excluding steroid dienone is 2. The third kappa shape index (κ3) is 2.30. The van der Waals surface area contributed by atoms with Gasteiger partial charge in [0.1, 0.15) is 5.76 Å². The van der Waals surface area contributed by atoms with Crippen molar-refractivity contribution in [1.82, 2.24) is 0 Å². The Morgan fingerprint density at radius 2 is 1.88 bits per heavy atom. The molecule has 0 saturated carbocycles. The Kier molecular flexibility index (Phi) is 3.04. The van der Waals surface area contributed by atoms with E-state index in [1.54, 1.807) is 22.6 Å². The van der Waals surface area contributed by atoms with Crippen LogP contribution >= 0.6 is 22.6 Å². The summed E-state index contributed by atoms with van der Waals surface area (Å²) in [5.74, 6) is 0.00343. The number of carbonyl (C=O) groups is 1. The van der Waals surface area contributed by atoms with E-state index >= 15 is 0 Å². The molecule has 46 valence electrons. The van der Waals surface area contributed by atoms with E-state index in [1.165, 1.54) is 13.8 Å². The van der Waals surface area contributed by atoms with E-state index in [1.807, 2.05) is 0 Å². The van der Waals surface area contributed by atoms with Crippen LogP contribution in [0.5, 0.6) is 0 Å². The topological polar surface area (TPSA) is 37.3 Å². The summed E-state index contributed by atoms with van der Waals surface area (Å²) in [6.45, 7) is 2.91. The lowest BCUT2D eigenvalue weighted by molar-refractivity contribution is -0.112. The van der Waals surface area contributed by atoms with Crippen LogP contribution in [0.1, 0.15) is 13.8 Å². The third-order valence-corrected chi connectivity index (χ3v) is 2.17. The van der Waals surface area contributed by atoms with Crippen LogP contribution in [-0.2, 0) is 4.79 Å². The van der Waals surface area contributed by atoms with E-state index in [0.717, 1.165) is 0 Å². The number of ketones is 1. The van der Waals surface area contributed by atoms with Crippen molar-refractivity contribution in [2.24, 2.45) is 0 Å². The van der Waals surface area contributed by atoms with Crippen molar-refractivity contribution in [2.45, 2.75) is 13.8 Å². The largest absolute Gasteiger partial charge is 0.511 e. The van der Waals surface area contributed by atoms with Gasteiger partial charge in [0, 0.05) is 0 Å². The predicted octanol–water partition coefficient (Wildman–Crippen LogP) is 1.80. The van der Waals surface area contributed by atoms with E-state index in [0.29, 0.717) is 3.58 Å². The minimum Gasteiger partial charge on any atom is -0.511 e. The maximum absolute atomic E-state index is 10.4. The molecule has 8 heavy (non-hydrogen) atoms. The smallest absolute Gasteiger partial charge is 0.169 e. The molecule has 0 atom stereocenters. The zero-order chi connectivity index (χ0) is 6.73. The lowest BCUT2D eigenvalue weighted by Crippen LogP contribution is -1.90. The number of hydrogen-bond donors (Lipinski definition) is 1. The summed E-state index contributed by atoms with van der Waals surface area (Å²) in [5, 5.41) is 8.64. The van der Waals surface area contributed by atoms with E-state index in [9.17, 15) is 4.79 Å². The predicted molar refractivity (Wildman–Crippen MR) is 40.0 cm³/mol. The lowest BCUT2D eigenvalue weighted by Gasteiger charge is -1.90. The third-order valence-electron chi connectivity index (χ3n) is 0.627. The van der Waals surface area contributed by atoms with Crippen molar-refractivity contribution in [3.8, 4) is 0 Å². The second kappa shape index (κ2) is 3.06. The van der Waals surface area contributed by atoms with Gasteiger partial charge < -0.3 is 5.11 Å². The molecule has 3 heteroatoms. The maximum Gasteiger partial charge on any atom is 0.169 e. The highest BCUT2D eigenvalue weighted by atomic mass is 127. The van der Waals surface area contributed by atoms with Gasteiger partial charge in [-0.1, -0.05) is 0 Å². The fourth-order valence-electron chi connectivity index (χ4n) is 0.255. The molecule has 0 radical (unpaired) electrons. The Hall–Kier alpha value is -0.0600. The fraction of sp³-hybridized carbons (Fsp3) is 0.400. The lowest BCUT2D eigenvalue weighted by atomic mass is 10.4. The fourth-order valence-corrected chi connectivity index (χ4v) is 0.255. The Balaban J connectivity index is 4.23. The molecule has 0 rings (SSSR count). The number of Topliss-reactive ketones (excluding diaryl/α,β-unsaturated/α-hetero) is 1. The van der Waals surface area contributed by atoms with Crippen LogP contribution in [-0.4, -0.2) is 10.9 Å². The molecule has 0 aliphatic rings. The van der Waals surface area contributed by atoms with Crippen molar-refractivity contribution in [2.75, 3.05) is 0 Å². The van der Waals surface area contributed by atoms with Gasteiger partial charge in [0.2, 0.25) is 0 Å². The first-order valence-electron chi connectivity index (χ1n) is 2.12. The summed E-state index contributed by atoms with van der Waals surface area (Å²) < 4.78 is 0.405. The SMILES string of the molecule is CC(=O)/C(I)=C(/C)O. The van der Waals surface area contributed by atoms with E-state index in [-0.39, 0.29) is 11.5 Å². The van der Waals surface area contributed by atoms with Gasteiger partial charge in [0.05, 0.1) is 3.58 Å². The Morgan fingerprint density at radius 1 is 1.50 bits per heavy atom. The summed E-state index contributed by atoms with van der Waals surface area (Å²) in [7, 11) is 0. The first-order valence-corrected chi connectivity index (χ1v) is 3.20. The minimum absolute atomic E-state index is 0.0920. The van der Waals surface area contributed by atoms with Gasteiger partial charge in [0.25, 0.3) is 0 Å². The standard InChI is InChI=1S/C5H7IO2/c1-3(7)5(6)4(2)8/h7H,1-2H3/b5-3+. The van der Waals surface area contributed by atoms with Crippen molar-refractivity contribution >= 4 is 28.4 Å². The van der Waals surface area contributed by atoms with Crippen LogP contribution in [0.15, 0.2) is 9.34 Å². The molecule has 0 aromatic carbocycles. The highest BCUT2D eigenvalue weighted by Crippen LogP contribution is 2.10. The van der Waals surface area contributed by atoms with E-state index in [2.05, 4.69) is 0 Å². The minimum atomic E-state index is -0.0920. The molecule has 0 aliphatic heterocycles. The normalized spacial score (nSPS) is 12.9. The summed E-state index contributed by atoms with van der Waals surface area (Å²) >= 11 is 1.80. The van der Waals surface area contributed by atoms with Crippen molar-refractivity contribution in [3.05, 3.63) is 9.34 Å². The monoisotopic (exact) mass is 226 g/mol. The van der Waals surface area contributed by atoms with Gasteiger partial charge in [-0.3, -0.25) is 4.79 Å². The summed E-state index contributed by atoms with van der Waals surface area (Å²) in [6.07, 6.45) is 0. The van der Waals surface area contributed by atoms with Crippen molar-refractivity contribution in [1.29, 1.82) is 0 Å². The van der Waals surface area contributed by atoms with Crippen molar-refractivity contribution < 1.29 is 9.90 Å². The Morgan fingerprint density at radius 3 is 1.88 bits per heavy atom. The highest BCUT2D eigenvalue weighted by Gasteiger charge is 2.00. The van der Waals surface area contributed by atoms with Gasteiger partial charge in [-0.05, 0) is 36.4 Å². The molecule has 0 saturated heterocycles. The summed E-state index contributed by atoms with van der Waals surface area (Å²) in [4.78, 5) is 10.4. The van der Waals surface area contributed by atoms with Gasteiger partial charge >= 0.3 is 0 Å². The number of aliphatic hydroxyl groups excluding tert-OH is 1. The van der Waals surface area contributed by atoms with Gasteiger partial charge in [-0.2, -0.15) is 0 Å². The number of hydrogen-bond acceptors (Lipinski definition) is 2. The zero-order valence-corrected chi connectivity index (χ0v) is 6.89. The average molecular weight is 226 g/mol. The van der Waals surface area contributed by atoms with Crippen LogP contribution in [0.2, 0.25) is 0 Å². The number of halogens is 1. The molecule has 1 N–H and O–H groups in total. The van der Waals surface area contributed by atoms with Crippen LogP contribution in [0, 0.1) is 0 Å². The zero-order valence-electron chi connectivity index (χ0n) is 4.73. The van der Waals surface area contributed by atoms with Crippen LogP contribution < -0.4 is 0 Å². The van der Waals surface area contributed by atoms with Gasteiger partial charge in [-0.25, -0.2) is 0 Å². The van der Waals surface area contributed by atoms with Gasteiger partial charge in [0.15, 0.2) is 5.78 Å². The first kappa shape index (κ1) is 7.94. The number of rotatable bonds is 1. The molecule has 0 fully saturated rings. The number of aliphatic hydroxyl groups is 1. The second-order valence-corrected chi connectivity index (χ2v) is 2.53. The van der Waals surface area contributed by atoms with Crippen LogP contribution in [0.4, 0.5) is 0 Å². The molecule has 0 aromatic rings. The maximum atomic E-state index is 10.4. The Labute approximate surface area is 61.7 Å². The molecule has 0 aromatic heterocycles. The molecule has 0 spiro atoms. The molecule has 0 unspecified atom stereocenters. The Bertz CT molecular complexity index is 133. The van der Waals surface area contributed by atoms with Gasteiger partial charge in [-0.15, -0.1) is 0 Å². The number of carbonyl (C=O) groups excluding carboxylic acids is 1. The second-order valence-electron chi connectivity index (χ2n) is 1.46. The summed E-state index contributed by atoms with van der Waals surface area (Å²) in [6, 6.07) is 0. The summed E-state index contributed by atoms with van der Waals surface area (Å²) in [5.41, 5.74) is 0. The van der Waals surface area contributed by atoms with Crippen LogP contribution in [0.25, 0.3) is 0 Å². The van der Waals surface area contributed by atoms with E-state index < -0.39 is 0 Å². The molecule has 2 nitrogen and oxygen atoms in total. The molecule has 0 aliphatic carbocycles. The molecule has 0 bridgehead atoms. The van der Waals surface area contributed by atoms with Crippen molar-refractivity contribution in [3.63, 3.8) is 0 Å². The molecular weight excluding hydrogens is 219 g/mol. The quantitative estimate of drug-likeness (QED) is 0.420. The average Bonchev–Trinajstić information content (AvgIpc) is 1.64. The first-order chi connectivity index (χ1) is 3.55. The highest BCUT2D eigenvalue weighted by molar-refractivity contribution is 14.1. The molecule has 0 heterocycles.